The first-order chi connectivity index (χ1) is 12.5. The molecule has 0 aliphatic rings. The van der Waals surface area contributed by atoms with E-state index in [1.807, 2.05) is 6.07 Å². The molecule has 4 nitrogen and oxygen atoms in total. The topological polar surface area (TPSA) is 66.4 Å². The number of aromatic carboxylic acids is 1. The Bertz CT molecular complexity index is 988. The van der Waals surface area contributed by atoms with Crippen molar-refractivity contribution >= 4 is 55.0 Å². The second-order valence-electron chi connectivity index (χ2n) is 5.48. The zero-order valence-corrected chi connectivity index (χ0v) is 16.5. The summed E-state index contributed by atoms with van der Waals surface area (Å²) in [7, 11) is 0. The SMILES string of the molecule is O=C(c1ccccc1)c1ccccc1Nc1c(Br)cc(Br)cc1C(=O)O. The van der Waals surface area contributed by atoms with E-state index >= 15 is 0 Å². The Morgan fingerprint density at radius 2 is 1.50 bits per heavy atom. The fraction of sp³-hybridized carbons (Fsp3) is 0. The Labute approximate surface area is 167 Å². The van der Waals surface area contributed by atoms with Crippen molar-refractivity contribution < 1.29 is 14.7 Å². The summed E-state index contributed by atoms with van der Waals surface area (Å²) in [6.45, 7) is 0. The van der Waals surface area contributed by atoms with Gasteiger partial charge in [-0.3, -0.25) is 4.79 Å². The molecule has 0 aliphatic carbocycles. The van der Waals surface area contributed by atoms with E-state index in [2.05, 4.69) is 37.2 Å². The predicted octanol–water partition coefficient (Wildman–Crippen LogP) is 5.88. The molecule has 3 aromatic rings. The molecule has 0 heterocycles. The quantitative estimate of drug-likeness (QED) is 0.453. The lowest BCUT2D eigenvalue weighted by molar-refractivity contribution is 0.0697. The highest BCUT2D eigenvalue weighted by Crippen LogP contribution is 2.34. The number of carbonyl (C=O) groups is 2. The van der Waals surface area contributed by atoms with Crippen LogP contribution in [-0.2, 0) is 0 Å². The fourth-order valence-electron chi connectivity index (χ4n) is 2.54. The van der Waals surface area contributed by atoms with Gasteiger partial charge in [-0.05, 0) is 40.2 Å². The molecule has 0 aliphatic heterocycles. The van der Waals surface area contributed by atoms with Crippen LogP contribution < -0.4 is 5.32 Å². The minimum absolute atomic E-state index is 0.0909. The molecule has 6 heteroatoms. The highest BCUT2D eigenvalue weighted by atomic mass is 79.9. The van der Waals surface area contributed by atoms with Crippen molar-refractivity contribution in [2.24, 2.45) is 0 Å². The normalized spacial score (nSPS) is 10.4. The van der Waals surface area contributed by atoms with Gasteiger partial charge in [0, 0.05) is 25.8 Å². The summed E-state index contributed by atoms with van der Waals surface area (Å²) < 4.78 is 1.22. The van der Waals surface area contributed by atoms with Gasteiger partial charge in [-0.2, -0.15) is 0 Å². The van der Waals surface area contributed by atoms with Crippen molar-refractivity contribution in [3.05, 3.63) is 92.4 Å². The number of hydrogen-bond acceptors (Lipinski definition) is 3. The van der Waals surface area contributed by atoms with Gasteiger partial charge < -0.3 is 10.4 Å². The highest BCUT2D eigenvalue weighted by Gasteiger charge is 2.18. The lowest BCUT2D eigenvalue weighted by atomic mass is 10.0. The molecule has 0 amide bonds. The molecule has 0 saturated heterocycles. The van der Waals surface area contributed by atoms with Gasteiger partial charge in [0.05, 0.1) is 11.3 Å². The molecule has 26 heavy (non-hydrogen) atoms. The molecular weight excluding hydrogens is 462 g/mol. The number of halogens is 2. The van der Waals surface area contributed by atoms with Crippen molar-refractivity contribution in [1.29, 1.82) is 0 Å². The molecule has 0 radical (unpaired) electrons. The molecule has 0 aromatic heterocycles. The standard InChI is InChI=1S/C20H13Br2NO3/c21-13-10-15(20(25)26)18(16(22)11-13)23-17-9-5-4-8-14(17)19(24)12-6-2-1-3-7-12/h1-11,23H,(H,25,26). The van der Waals surface area contributed by atoms with E-state index in [-0.39, 0.29) is 11.3 Å². The molecule has 3 aromatic carbocycles. The number of carboxylic acids is 1. The summed E-state index contributed by atoms with van der Waals surface area (Å²) in [6.07, 6.45) is 0. The molecular formula is C20H13Br2NO3. The average molecular weight is 475 g/mol. The summed E-state index contributed by atoms with van der Waals surface area (Å²) in [5.41, 5.74) is 2.04. The number of ketones is 1. The minimum atomic E-state index is -1.07. The molecule has 0 fully saturated rings. The maximum Gasteiger partial charge on any atom is 0.337 e. The third kappa shape index (κ3) is 3.86. The first-order valence-electron chi connectivity index (χ1n) is 7.65. The summed E-state index contributed by atoms with van der Waals surface area (Å²) in [5.74, 6) is -1.21. The number of nitrogens with one attached hydrogen (secondary N) is 1. The van der Waals surface area contributed by atoms with Crippen LogP contribution in [0.25, 0.3) is 0 Å². The lowest BCUT2D eigenvalue weighted by Gasteiger charge is -2.15. The van der Waals surface area contributed by atoms with Crippen LogP contribution in [0.15, 0.2) is 75.7 Å². The van der Waals surface area contributed by atoms with Gasteiger partial charge in [0.1, 0.15) is 0 Å². The van der Waals surface area contributed by atoms with Crippen LogP contribution in [0.2, 0.25) is 0 Å². The zero-order chi connectivity index (χ0) is 18.7. The van der Waals surface area contributed by atoms with Crippen LogP contribution in [0.1, 0.15) is 26.3 Å². The Hall–Kier alpha value is -2.44. The Balaban J connectivity index is 2.06. The van der Waals surface area contributed by atoms with E-state index in [1.165, 1.54) is 6.07 Å². The van der Waals surface area contributed by atoms with E-state index in [9.17, 15) is 14.7 Å². The first-order valence-corrected chi connectivity index (χ1v) is 9.24. The maximum atomic E-state index is 12.8. The van der Waals surface area contributed by atoms with Gasteiger partial charge >= 0.3 is 5.97 Å². The monoisotopic (exact) mass is 473 g/mol. The molecule has 0 spiro atoms. The number of carboxylic acid groups (broad SMARTS) is 1. The molecule has 130 valence electrons. The third-order valence-electron chi connectivity index (χ3n) is 3.75. The zero-order valence-electron chi connectivity index (χ0n) is 13.4. The second-order valence-corrected chi connectivity index (χ2v) is 7.25. The molecule has 0 unspecified atom stereocenters. The summed E-state index contributed by atoms with van der Waals surface area (Å²) in [4.78, 5) is 24.4. The van der Waals surface area contributed by atoms with Crippen LogP contribution >= 0.6 is 31.9 Å². The minimum Gasteiger partial charge on any atom is -0.478 e. The summed E-state index contributed by atoms with van der Waals surface area (Å²) in [5, 5.41) is 12.6. The number of carbonyl (C=O) groups excluding carboxylic acids is 1. The van der Waals surface area contributed by atoms with Gasteiger partial charge in [0.2, 0.25) is 0 Å². The Morgan fingerprint density at radius 1 is 0.846 bits per heavy atom. The summed E-state index contributed by atoms with van der Waals surface area (Å²) in [6, 6.07) is 19.2. The van der Waals surface area contributed by atoms with Crippen LogP contribution in [0.4, 0.5) is 11.4 Å². The van der Waals surface area contributed by atoms with Gasteiger partial charge in [0.15, 0.2) is 5.78 Å². The average Bonchev–Trinajstić information content (AvgIpc) is 2.64. The van der Waals surface area contributed by atoms with Crippen LogP contribution in [0, 0.1) is 0 Å². The fourth-order valence-corrected chi connectivity index (χ4v) is 3.86. The van der Waals surface area contributed by atoms with E-state index < -0.39 is 5.97 Å². The van der Waals surface area contributed by atoms with Crippen molar-refractivity contribution in [2.75, 3.05) is 5.32 Å². The van der Waals surface area contributed by atoms with Gasteiger partial charge in [-0.1, -0.05) is 58.4 Å². The molecule has 3 rings (SSSR count). The predicted molar refractivity (Wildman–Crippen MR) is 108 cm³/mol. The van der Waals surface area contributed by atoms with E-state index in [0.29, 0.717) is 31.4 Å². The molecule has 0 saturated carbocycles. The Morgan fingerprint density at radius 3 is 2.19 bits per heavy atom. The lowest BCUT2D eigenvalue weighted by Crippen LogP contribution is -2.08. The van der Waals surface area contributed by atoms with Crippen molar-refractivity contribution in [3.63, 3.8) is 0 Å². The molecule has 0 atom stereocenters. The van der Waals surface area contributed by atoms with Gasteiger partial charge in [-0.25, -0.2) is 4.79 Å². The van der Waals surface area contributed by atoms with Crippen LogP contribution in [-0.4, -0.2) is 16.9 Å². The van der Waals surface area contributed by atoms with E-state index in [4.69, 9.17) is 0 Å². The Kier molecular flexibility index (Phi) is 5.54. The second kappa shape index (κ2) is 7.85. The number of benzene rings is 3. The van der Waals surface area contributed by atoms with Crippen LogP contribution in [0.5, 0.6) is 0 Å². The number of para-hydroxylation sites is 1. The molecule has 0 bridgehead atoms. The number of rotatable bonds is 5. The van der Waals surface area contributed by atoms with Crippen molar-refractivity contribution in [1.82, 2.24) is 0 Å². The van der Waals surface area contributed by atoms with Crippen molar-refractivity contribution in [2.45, 2.75) is 0 Å². The summed E-state index contributed by atoms with van der Waals surface area (Å²) >= 11 is 6.68. The number of anilines is 2. The highest BCUT2D eigenvalue weighted by molar-refractivity contribution is 9.11. The van der Waals surface area contributed by atoms with E-state index in [0.717, 1.165) is 0 Å². The number of hydrogen-bond donors (Lipinski definition) is 2. The van der Waals surface area contributed by atoms with Gasteiger partial charge in [0.25, 0.3) is 0 Å². The third-order valence-corrected chi connectivity index (χ3v) is 4.84. The maximum absolute atomic E-state index is 12.8. The van der Waals surface area contributed by atoms with Crippen molar-refractivity contribution in [3.8, 4) is 0 Å². The van der Waals surface area contributed by atoms with Crippen LogP contribution in [0.3, 0.4) is 0 Å². The smallest absolute Gasteiger partial charge is 0.337 e. The first kappa shape index (κ1) is 18.4. The largest absolute Gasteiger partial charge is 0.478 e. The van der Waals surface area contributed by atoms with E-state index in [1.54, 1.807) is 54.6 Å². The van der Waals surface area contributed by atoms with Gasteiger partial charge in [-0.15, -0.1) is 0 Å². The molecule has 2 N–H and O–H groups in total.